The summed E-state index contributed by atoms with van der Waals surface area (Å²) < 4.78 is 0. The van der Waals surface area contributed by atoms with E-state index in [0.29, 0.717) is 0 Å². The molecule has 8 aromatic carbocycles. The van der Waals surface area contributed by atoms with Crippen LogP contribution in [0.2, 0.25) is 0 Å². The molecular weight excluding hydrogens is 709 g/mol. The highest BCUT2D eigenvalue weighted by Crippen LogP contribution is 2.56. The maximum atomic E-state index is 2.35. The van der Waals surface area contributed by atoms with Gasteiger partial charge in [0.1, 0.15) is 0 Å². The van der Waals surface area contributed by atoms with Gasteiger partial charge in [-0.3, -0.25) is 0 Å². The molecule has 0 saturated carbocycles. The highest BCUT2D eigenvalue weighted by Gasteiger charge is 2.45. The summed E-state index contributed by atoms with van der Waals surface area (Å²) in [5.41, 5.74) is 21.3. The molecule has 59 heavy (non-hydrogen) atoms. The Hall–Kier alpha value is -6.24. The number of fused-ring (bicyclic) bond motifs is 3. The Morgan fingerprint density at radius 3 is 1.19 bits per heavy atom. The normalized spacial score (nSPS) is 12.3. The second kappa shape index (κ2) is 17.7. The van der Waals surface area contributed by atoms with Crippen molar-refractivity contribution in [3.05, 3.63) is 272 Å². The zero-order chi connectivity index (χ0) is 41.6. The molecule has 0 bridgehead atoms. The standard InChI is InChI=1S/C27H22.C17H20.C15H16/c1-19-9-7-11-21(17-19)27(22-12-8-10-20(2)18-22)25-15-5-3-13-23(25)24-14-4-6-16-26(24)27;1-13-7-5-9-15(11-13)17(3,4)16-10-6-8-14(2)12-16;1-12-6-8-14(9-7-12)11-15-5-3-4-13(2)10-15/h3-18H,1-2H3;5-12H,1-4H3;3-10H,11H2,1-2H3. The molecule has 0 aliphatic heterocycles. The van der Waals surface area contributed by atoms with Crippen LogP contribution in [0, 0.1) is 41.5 Å². The number of hydrogen-bond acceptors (Lipinski definition) is 0. The Balaban J connectivity index is 0.000000143. The molecule has 0 N–H and O–H groups in total. The Bertz CT molecular complexity index is 2530. The first-order valence-corrected chi connectivity index (χ1v) is 21.0. The lowest BCUT2D eigenvalue weighted by Crippen LogP contribution is -2.28. The third-order valence-electron chi connectivity index (χ3n) is 11.9. The Morgan fingerprint density at radius 2 is 0.746 bits per heavy atom. The summed E-state index contributed by atoms with van der Waals surface area (Å²) in [7, 11) is 0. The highest BCUT2D eigenvalue weighted by atomic mass is 14.5. The largest absolute Gasteiger partial charge is 0.0713 e. The Morgan fingerprint density at radius 1 is 0.339 bits per heavy atom. The zero-order valence-corrected chi connectivity index (χ0v) is 36.2. The number of aryl methyl sites for hydroxylation is 6. The zero-order valence-electron chi connectivity index (χ0n) is 36.2. The van der Waals surface area contributed by atoms with Crippen molar-refractivity contribution < 1.29 is 0 Å². The van der Waals surface area contributed by atoms with E-state index in [1.807, 2.05) is 0 Å². The molecule has 9 rings (SSSR count). The van der Waals surface area contributed by atoms with Crippen LogP contribution < -0.4 is 0 Å². The number of hydrogen-bond donors (Lipinski definition) is 0. The average molecular weight is 767 g/mol. The summed E-state index contributed by atoms with van der Waals surface area (Å²) >= 11 is 0. The van der Waals surface area contributed by atoms with Gasteiger partial charge in [0.25, 0.3) is 0 Å². The third kappa shape index (κ3) is 8.94. The predicted octanol–water partition coefficient (Wildman–Crippen LogP) is 15.2. The summed E-state index contributed by atoms with van der Waals surface area (Å²) in [5.74, 6) is 0. The van der Waals surface area contributed by atoms with Crippen LogP contribution in [0.1, 0.15) is 91.7 Å². The summed E-state index contributed by atoms with van der Waals surface area (Å²) in [6.45, 7) is 17.5. The van der Waals surface area contributed by atoms with Crippen molar-refractivity contribution in [3.63, 3.8) is 0 Å². The van der Waals surface area contributed by atoms with Gasteiger partial charge in [0.2, 0.25) is 0 Å². The Kier molecular flexibility index (Phi) is 12.3. The smallest absolute Gasteiger partial charge is 0.0619 e. The predicted molar refractivity (Wildman–Crippen MR) is 253 cm³/mol. The monoisotopic (exact) mass is 766 g/mol. The van der Waals surface area contributed by atoms with E-state index >= 15 is 0 Å². The van der Waals surface area contributed by atoms with Gasteiger partial charge in [-0.15, -0.1) is 0 Å². The molecule has 0 atom stereocenters. The van der Waals surface area contributed by atoms with Gasteiger partial charge < -0.3 is 0 Å². The molecule has 0 spiro atoms. The van der Waals surface area contributed by atoms with E-state index < -0.39 is 0 Å². The average Bonchev–Trinajstić information content (AvgIpc) is 3.53. The molecule has 0 aromatic heterocycles. The van der Waals surface area contributed by atoms with Gasteiger partial charge in [-0.1, -0.05) is 241 Å². The summed E-state index contributed by atoms with van der Waals surface area (Å²) in [5, 5.41) is 0. The first-order chi connectivity index (χ1) is 28.4. The molecule has 0 saturated heterocycles. The Labute approximate surface area is 354 Å². The maximum absolute atomic E-state index is 2.35. The van der Waals surface area contributed by atoms with Gasteiger partial charge in [-0.25, -0.2) is 0 Å². The fourth-order valence-electron chi connectivity index (χ4n) is 8.78. The van der Waals surface area contributed by atoms with Gasteiger partial charge in [0, 0.05) is 5.41 Å². The van der Waals surface area contributed by atoms with Crippen molar-refractivity contribution in [3.8, 4) is 11.1 Å². The van der Waals surface area contributed by atoms with Gasteiger partial charge in [0.15, 0.2) is 0 Å². The van der Waals surface area contributed by atoms with Crippen LogP contribution in [0.3, 0.4) is 0 Å². The van der Waals surface area contributed by atoms with Crippen LogP contribution in [0.5, 0.6) is 0 Å². The molecule has 0 nitrogen and oxygen atoms in total. The van der Waals surface area contributed by atoms with E-state index in [0.717, 1.165) is 6.42 Å². The SMILES string of the molecule is Cc1ccc(Cc2cccc(C)c2)cc1.Cc1cccc(C(C)(C)c2cccc(C)c2)c1.Cc1cccc(C2(c3cccc(C)c3)c3ccccc3-c3ccccc32)c1. The number of rotatable bonds is 6. The minimum atomic E-state index is -0.273. The van der Waals surface area contributed by atoms with Crippen LogP contribution in [0.15, 0.2) is 194 Å². The van der Waals surface area contributed by atoms with Crippen molar-refractivity contribution in [2.24, 2.45) is 0 Å². The first-order valence-electron chi connectivity index (χ1n) is 21.0. The van der Waals surface area contributed by atoms with E-state index in [9.17, 15) is 0 Å². The van der Waals surface area contributed by atoms with Crippen LogP contribution in [-0.2, 0) is 17.3 Å². The topological polar surface area (TPSA) is 0 Å². The first kappa shape index (κ1) is 40.9. The molecule has 1 aliphatic rings. The molecule has 294 valence electrons. The lowest BCUT2D eigenvalue weighted by Gasteiger charge is -2.34. The van der Waals surface area contributed by atoms with Gasteiger partial charge >= 0.3 is 0 Å². The van der Waals surface area contributed by atoms with Crippen LogP contribution >= 0.6 is 0 Å². The van der Waals surface area contributed by atoms with Gasteiger partial charge in [-0.2, -0.15) is 0 Å². The summed E-state index contributed by atoms with van der Waals surface area (Å²) in [4.78, 5) is 0. The molecule has 0 heteroatoms. The second-order valence-electron chi connectivity index (χ2n) is 17.1. The third-order valence-corrected chi connectivity index (χ3v) is 11.9. The fraction of sp³-hybridized carbons (Fsp3) is 0.186. The van der Waals surface area contributed by atoms with Gasteiger partial charge in [-0.05, 0) is 104 Å². The minimum absolute atomic E-state index is 0.0675. The maximum Gasteiger partial charge on any atom is 0.0713 e. The van der Waals surface area contributed by atoms with Crippen molar-refractivity contribution in [1.29, 1.82) is 0 Å². The fourth-order valence-corrected chi connectivity index (χ4v) is 8.78. The molecule has 0 unspecified atom stereocenters. The number of benzene rings is 8. The van der Waals surface area contributed by atoms with Crippen LogP contribution in [-0.4, -0.2) is 0 Å². The quantitative estimate of drug-likeness (QED) is 0.158. The van der Waals surface area contributed by atoms with E-state index in [1.165, 1.54) is 89.0 Å². The lowest BCUT2D eigenvalue weighted by molar-refractivity contribution is 0.639. The minimum Gasteiger partial charge on any atom is -0.0619 e. The second-order valence-corrected chi connectivity index (χ2v) is 17.1. The van der Waals surface area contributed by atoms with E-state index in [4.69, 9.17) is 0 Å². The van der Waals surface area contributed by atoms with E-state index in [2.05, 4.69) is 250 Å². The van der Waals surface area contributed by atoms with Crippen molar-refractivity contribution in [2.45, 2.75) is 72.6 Å². The summed E-state index contributed by atoms with van der Waals surface area (Å²) in [6.07, 6.45) is 1.03. The van der Waals surface area contributed by atoms with Gasteiger partial charge in [0.05, 0.1) is 5.41 Å². The lowest BCUT2D eigenvalue weighted by atomic mass is 9.67. The van der Waals surface area contributed by atoms with Crippen molar-refractivity contribution >= 4 is 0 Å². The molecule has 0 fully saturated rings. The van der Waals surface area contributed by atoms with Crippen LogP contribution in [0.25, 0.3) is 11.1 Å². The highest BCUT2D eigenvalue weighted by molar-refractivity contribution is 5.86. The molecule has 0 radical (unpaired) electrons. The van der Waals surface area contributed by atoms with Crippen molar-refractivity contribution in [2.75, 3.05) is 0 Å². The molecule has 1 aliphatic carbocycles. The molecule has 8 aromatic rings. The molecule has 0 heterocycles. The van der Waals surface area contributed by atoms with Crippen LogP contribution in [0.4, 0.5) is 0 Å². The van der Waals surface area contributed by atoms with E-state index in [1.54, 1.807) is 0 Å². The van der Waals surface area contributed by atoms with E-state index in [-0.39, 0.29) is 10.8 Å². The summed E-state index contributed by atoms with van der Waals surface area (Å²) in [6, 6.07) is 70.8. The molecule has 0 amide bonds. The molecular formula is C59H58. The van der Waals surface area contributed by atoms with Crippen molar-refractivity contribution in [1.82, 2.24) is 0 Å².